The fourth-order valence-corrected chi connectivity index (χ4v) is 2.66. The van der Waals surface area contributed by atoms with Gasteiger partial charge in [0.2, 0.25) is 0 Å². The van der Waals surface area contributed by atoms with Crippen molar-refractivity contribution in [2.75, 3.05) is 0 Å². The lowest BCUT2D eigenvalue weighted by Crippen LogP contribution is -2.13. The highest BCUT2D eigenvalue weighted by molar-refractivity contribution is 9.10. The van der Waals surface area contributed by atoms with Crippen molar-refractivity contribution in [2.24, 2.45) is 5.92 Å². The Bertz CT molecular complexity index is 580. The summed E-state index contributed by atoms with van der Waals surface area (Å²) in [6.45, 7) is 7.11. The zero-order valence-electron chi connectivity index (χ0n) is 12.0. The molecule has 4 nitrogen and oxygen atoms in total. The molecule has 0 saturated heterocycles. The summed E-state index contributed by atoms with van der Waals surface area (Å²) < 4.78 is 2.79. The summed E-state index contributed by atoms with van der Waals surface area (Å²) in [6, 6.07) is 5.98. The predicted octanol–water partition coefficient (Wildman–Crippen LogP) is 3.28. The van der Waals surface area contributed by atoms with Crippen molar-refractivity contribution in [3.63, 3.8) is 0 Å². The van der Waals surface area contributed by atoms with Crippen LogP contribution in [0.15, 0.2) is 29.0 Å². The zero-order chi connectivity index (χ0) is 14.7. The van der Waals surface area contributed by atoms with E-state index in [0.29, 0.717) is 12.3 Å². The van der Waals surface area contributed by atoms with Crippen LogP contribution in [-0.2, 0) is 13.0 Å². The van der Waals surface area contributed by atoms with Crippen molar-refractivity contribution in [1.82, 2.24) is 14.8 Å². The molecule has 108 valence electrons. The Kier molecular flexibility index (Phi) is 4.94. The molecule has 0 spiro atoms. The Morgan fingerprint density at radius 2 is 2.10 bits per heavy atom. The molecule has 2 rings (SSSR count). The fourth-order valence-electron chi connectivity index (χ4n) is 2.15. The van der Waals surface area contributed by atoms with Gasteiger partial charge < -0.3 is 5.11 Å². The third kappa shape index (κ3) is 3.67. The molecule has 1 atom stereocenters. The van der Waals surface area contributed by atoms with E-state index in [1.54, 1.807) is 6.33 Å². The van der Waals surface area contributed by atoms with E-state index in [4.69, 9.17) is 0 Å². The maximum absolute atomic E-state index is 10.4. The minimum Gasteiger partial charge on any atom is -0.388 e. The van der Waals surface area contributed by atoms with Gasteiger partial charge in [-0.15, -0.1) is 0 Å². The van der Waals surface area contributed by atoms with Crippen molar-refractivity contribution < 1.29 is 5.11 Å². The molecule has 2 aromatic rings. The molecule has 1 heterocycles. The number of aliphatic hydroxyl groups is 1. The van der Waals surface area contributed by atoms with Crippen LogP contribution in [0.2, 0.25) is 0 Å². The van der Waals surface area contributed by atoms with Crippen LogP contribution >= 0.6 is 15.9 Å². The van der Waals surface area contributed by atoms with E-state index in [0.717, 1.165) is 28.0 Å². The van der Waals surface area contributed by atoms with Crippen molar-refractivity contribution in [2.45, 2.75) is 39.8 Å². The average Bonchev–Trinajstić information content (AvgIpc) is 2.78. The number of aromatic nitrogens is 3. The van der Waals surface area contributed by atoms with Crippen LogP contribution in [0.3, 0.4) is 0 Å². The van der Waals surface area contributed by atoms with Gasteiger partial charge in [0, 0.05) is 17.4 Å². The summed E-state index contributed by atoms with van der Waals surface area (Å²) in [6.07, 6.45) is 1.43. The van der Waals surface area contributed by atoms with E-state index in [1.165, 1.54) is 0 Å². The minimum atomic E-state index is -0.584. The summed E-state index contributed by atoms with van der Waals surface area (Å²) in [5.74, 6) is 1.32. The summed E-state index contributed by atoms with van der Waals surface area (Å²) >= 11 is 3.49. The van der Waals surface area contributed by atoms with Crippen molar-refractivity contribution >= 4 is 15.9 Å². The number of hydrogen-bond acceptors (Lipinski definition) is 3. The fraction of sp³-hybridized carbons (Fsp3) is 0.467. The molecule has 0 fully saturated rings. The highest BCUT2D eigenvalue weighted by atomic mass is 79.9. The molecular weight excluding hydrogens is 318 g/mol. The number of halogens is 1. The number of benzene rings is 1. The Hall–Kier alpha value is -1.20. The summed E-state index contributed by atoms with van der Waals surface area (Å²) in [4.78, 5) is 4.26. The van der Waals surface area contributed by atoms with E-state index < -0.39 is 6.10 Å². The summed E-state index contributed by atoms with van der Waals surface area (Å²) in [5, 5.41) is 14.7. The van der Waals surface area contributed by atoms with Gasteiger partial charge in [0.15, 0.2) is 0 Å². The number of aryl methyl sites for hydroxylation is 1. The third-order valence-electron chi connectivity index (χ3n) is 3.12. The summed E-state index contributed by atoms with van der Waals surface area (Å²) in [7, 11) is 0. The van der Waals surface area contributed by atoms with Crippen LogP contribution in [-0.4, -0.2) is 19.9 Å². The second-order valence-electron chi connectivity index (χ2n) is 5.50. The lowest BCUT2D eigenvalue weighted by Gasteiger charge is -2.14. The lowest BCUT2D eigenvalue weighted by molar-refractivity contribution is 0.172. The number of rotatable bonds is 5. The Labute approximate surface area is 128 Å². The molecule has 1 N–H and O–H groups in total. The van der Waals surface area contributed by atoms with E-state index in [9.17, 15) is 5.11 Å². The minimum absolute atomic E-state index is 0.467. The molecule has 0 radical (unpaired) electrons. The average molecular weight is 338 g/mol. The molecule has 20 heavy (non-hydrogen) atoms. The first-order chi connectivity index (χ1) is 9.47. The van der Waals surface area contributed by atoms with Crippen molar-refractivity contribution in [3.05, 3.63) is 46.0 Å². The second kappa shape index (κ2) is 6.50. The van der Waals surface area contributed by atoms with Crippen LogP contribution in [0.1, 0.15) is 36.9 Å². The van der Waals surface area contributed by atoms with Gasteiger partial charge in [-0.1, -0.05) is 47.5 Å². The van der Waals surface area contributed by atoms with E-state index in [-0.39, 0.29) is 0 Å². The monoisotopic (exact) mass is 337 g/mol. The van der Waals surface area contributed by atoms with E-state index in [1.807, 2.05) is 29.8 Å². The van der Waals surface area contributed by atoms with Crippen LogP contribution in [0.25, 0.3) is 0 Å². The molecule has 0 aliphatic rings. The lowest BCUT2D eigenvalue weighted by atomic mass is 10.0. The predicted molar refractivity (Wildman–Crippen MR) is 82.4 cm³/mol. The normalized spacial score (nSPS) is 12.9. The first-order valence-corrected chi connectivity index (χ1v) is 7.57. The Morgan fingerprint density at radius 1 is 1.35 bits per heavy atom. The van der Waals surface area contributed by atoms with Gasteiger partial charge in [-0.25, -0.2) is 9.67 Å². The van der Waals surface area contributed by atoms with Gasteiger partial charge in [-0.05, 0) is 24.5 Å². The Morgan fingerprint density at radius 3 is 2.80 bits per heavy atom. The van der Waals surface area contributed by atoms with Gasteiger partial charge in [0.05, 0.1) is 6.10 Å². The van der Waals surface area contributed by atoms with Gasteiger partial charge in [0.25, 0.3) is 0 Å². The topological polar surface area (TPSA) is 50.9 Å². The highest BCUT2D eigenvalue weighted by Gasteiger charge is 2.16. The van der Waals surface area contributed by atoms with Crippen LogP contribution in [0.5, 0.6) is 0 Å². The van der Waals surface area contributed by atoms with Gasteiger partial charge in [0.1, 0.15) is 12.2 Å². The molecule has 5 heteroatoms. The molecule has 0 aliphatic heterocycles. The second-order valence-corrected chi connectivity index (χ2v) is 6.35. The van der Waals surface area contributed by atoms with E-state index in [2.05, 4.69) is 39.9 Å². The number of nitrogens with zero attached hydrogens (tertiary/aromatic N) is 3. The van der Waals surface area contributed by atoms with Crippen molar-refractivity contribution in [3.8, 4) is 0 Å². The molecule has 0 amide bonds. The Balaban J connectivity index is 2.17. The smallest absolute Gasteiger partial charge is 0.138 e. The van der Waals surface area contributed by atoms with Crippen LogP contribution in [0, 0.1) is 12.8 Å². The van der Waals surface area contributed by atoms with E-state index >= 15 is 0 Å². The molecule has 1 aromatic carbocycles. The van der Waals surface area contributed by atoms with Crippen LogP contribution in [0.4, 0.5) is 0 Å². The number of aliphatic hydroxyl groups excluding tert-OH is 1. The molecule has 1 unspecified atom stereocenters. The summed E-state index contributed by atoms with van der Waals surface area (Å²) in [5.41, 5.74) is 2.02. The standard InChI is InChI=1S/C15H20BrN3O/c1-10(2)8-19-15(17-9-18-19)7-14(20)12-6-11(3)4-5-13(12)16/h4-6,9-10,14,20H,7-8H2,1-3H3. The van der Waals surface area contributed by atoms with Gasteiger partial charge in [-0.3, -0.25) is 0 Å². The SMILES string of the molecule is Cc1ccc(Br)c(C(O)Cc2ncnn2CC(C)C)c1. The molecule has 0 aliphatic carbocycles. The molecule has 1 aromatic heterocycles. The maximum Gasteiger partial charge on any atom is 0.138 e. The van der Waals surface area contributed by atoms with Gasteiger partial charge in [-0.2, -0.15) is 5.10 Å². The van der Waals surface area contributed by atoms with Crippen LogP contribution < -0.4 is 0 Å². The number of hydrogen-bond donors (Lipinski definition) is 1. The highest BCUT2D eigenvalue weighted by Crippen LogP contribution is 2.26. The zero-order valence-corrected chi connectivity index (χ0v) is 13.6. The first-order valence-electron chi connectivity index (χ1n) is 6.78. The third-order valence-corrected chi connectivity index (χ3v) is 3.84. The van der Waals surface area contributed by atoms with Gasteiger partial charge >= 0.3 is 0 Å². The largest absolute Gasteiger partial charge is 0.388 e. The first kappa shape index (κ1) is 15.2. The maximum atomic E-state index is 10.4. The molecular formula is C15H20BrN3O. The van der Waals surface area contributed by atoms with Crippen molar-refractivity contribution in [1.29, 1.82) is 0 Å². The quantitative estimate of drug-likeness (QED) is 0.910. The molecule has 0 saturated carbocycles. The molecule has 0 bridgehead atoms.